The van der Waals surface area contributed by atoms with Crippen molar-refractivity contribution in [1.29, 1.82) is 0 Å². The quantitative estimate of drug-likeness (QED) is 0.323. The number of hydrogen-bond donors (Lipinski definition) is 1. The maximum Gasteiger partial charge on any atom is 0.274 e. The van der Waals surface area contributed by atoms with E-state index in [-0.39, 0.29) is 16.4 Å². The third kappa shape index (κ3) is 3.76. The fourth-order valence-corrected chi connectivity index (χ4v) is 2.45. The second-order valence-corrected chi connectivity index (χ2v) is 5.48. The first-order chi connectivity index (χ1) is 12.6. The van der Waals surface area contributed by atoms with E-state index in [1.54, 1.807) is 47.2 Å². The lowest BCUT2D eigenvalue weighted by molar-refractivity contribution is -0.384. The Labute approximate surface area is 152 Å². The van der Waals surface area contributed by atoms with Gasteiger partial charge in [0.2, 0.25) is 0 Å². The topological polar surface area (TPSA) is 102 Å². The molecule has 3 aromatic rings. The minimum atomic E-state index is -0.479. The van der Waals surface area contributed by atoms with Crippen LogP contribution in [0.2, 0.25) is 5.15 Å². The summed E-state index contributed by atoms with van der Waals surface area (Å²) in [5.41, 5.74) is 4.02. The number of benzene rings is 1. The SMILES string of the molecule is O=C(NN=Cc1cccn1-c1ccc([N+](=O)[O-])cc1)c1cccnc1Cl. The van der Waals surface area contributed by atoms with Crippen LogP contribution in [0.1, 0.15) is 16.1 Å². The number of pyridine rings is 1. The van der Waals surface area contributed by atoms with E-state index in [9.17, 15) is 14.9 Å². The van der Waals surface area contributed by atoms with Crippen molar-refractivity contribution in [3.63, 3.8) is 0 Å². The van der Waals surface area contributed by atoms with Gasteiger partial charge in [0, 0.05) is 30.2 Å². The summed E-state index contributed by atoms with van der Waals surface area (Å²) in [6.07, 6.45) is 4.73. The summed E-state index contributed by atoms with van der Waals surface area (Å²) in [6.45, 7) is 0. The molecule has 1 amide bonds. The number of amides is 1. The molecule has 130 valence electrons. The van der Waals surface area contributed by atoms with Crippen molar-refractivity contribution in [1.82, 2.24) is 15.0 Å². The number of nitrogens with zero attached hydrogens (tertiary/aromatic N) is 4. The number of nitrogens with one attached hydrogen (secondary N) is 1. The van der Waals surface area contributed by atoms with Gasteiger partial charge in [-0.05, 0) is 36.4 Å². The van der Waals surface area contributed by atoms with Crippen LogP contribution in [0.3, 0.4) is 0 Å². The summed E-state index contributed by atoms with van der Waals surface area (Å²) in [7, 11) is 0. The molecule has 2 aromatic heterocycles. The monoisotopic (exact) mass is 369 g/mol. The minimum absolute atomic E-state index is 0.0109. The number of non-ortho nitro benzene ring substituents is 1. The van der Waals surface area contributed by atoms with E-state index >= 15 is 0 Å². The van der Waals surface area contributed by atoms with Crippen molar-refractivity contribution in [3.8, 4) is 5.69 Å². The lowest BCUT2D eigenvalue weighted by Crippen LogP contribution is -2.18. The van der Waals surface area contributed by atoms with Crippen LogP contribution in [0, 0.1) is 10.1 Å². The number of halogens is 1. The maximum atomic E-state index is 12.0. The Hall–Kier alpha value is -3.52. The standard InChI is InChI=1S/C17H12ClN5O3/c18-16-15(4-1-9-19-16)17(24)21-20-11-14-3-2-10-22(14)12-5-7-13(8-6-12)23(25)26/h1-11H,(H,21,24). The summed E-state index contributed by atoms with van der Waals surface area (Å²) < 4.78 is 1.77. The molecule has 0 saturated heterocycles. The number of carbonyl (C=O) groups is 1. The minimum Gasteiger partial charge on any atom is -0.316 e. The number of hydrogen-bond acceptors (Lipinski definition) is 5. The lowest BCUT2D eigenvalue weighted by atomic mass is 10.3. The van der Waals surface area contributed by atoms with E-state index in [2.05, 4.69) is 15.5 Å². The van der Waals surface area contributed by atoms with Crippen LogP contribution in [-0.2, 0) is 0 Å². The summed E-state index contributed by atoms with van der Waals surface area (Å²) in [5.74, 6) is -0.479. The average molecular weight is 370 g/mol. The fourth-order valence-electron chi connectivity index (χ4n) is 2.24. The molecule has 2 heterocycles. The Morgan fingerprint density at radius 1 is 1.23 bits per heavy atom. The highest BCUT2D eigenvalue weighted by atomic mass is 35.5. The second kappa shape index (κ2) is 7.58. The van der Waals surface area contributed by atoms with E-state index in [4.69, 9.17) is 11.6 Å². The molecule has 0 spiro atoms. The van der Waals surface area contributed by atoms with Crippen molar-refractivity contribution in [3.05, 3.63) is 87.4 Å². The van der Waals surface area contributed by atoms with Crippen molar-refractivity contribution < 1.29 is 9.72 Å². The van der Waals surface area contributed by atoms with Gasteiger partial charge in [-0.1, -0.05) is 11.6 Å². The van der Waals surface area contributed by atoms with Gasteiger partial charge < -0.3 is 4.57 Å². The molecule has 0 aliphatic carbocycles. The number of nitro benzene ring substituents is 1. The Kier molecular flexibility index (Phi) is 5.04. The van der Waals surface area contributed by atoms with Crippen molar-refractivity contribution in [2.45, 2.75) is 0 Å². The molecule has 0 bridgehead atoms. The number of rotatable bonds is 5. The Morgan fingerprint density at radius 2 is 2.00 bits per heavy atom. The molecule has 0 radical (unpaired) electrons. The summed E-state index contributed by atoms with van der Waals surface area (Å²) in [4.78, 5) is 26.1. The molecule has 8 nitrogen and oxygen atoms in total. The van der Waals surface area contributed by atoms with Gasteiger partial charge >= 0.3 is 0 Å². The fraction of sp³-hybridized carbons (Fsp3) is 0. The molecular weight excluding hydrogens is 358 g/mol. The van der Waals surface area contributed by atoms with Crippen LogP contribution < -0.4 is 5.43 Å². The summed E-state index contributed by atoms with van der Waals surface area (Å²) in [5, 5.41) is 14.8. The number of hydrazone groups is 1. The third-order valence-electron chi connectivity index (χ3n) is 3.49. The smallest absolute Gasteiger partial charge is 0.274 e. The van der Waals surface area contributed by atoms with Crippen LogP contribution in [0.5, 0.6) is 0 Å². The molecule has 0 fully saturated rings. The first-order valence-corrected chi connectivity index (χ1v) is 7.80. The highest BCUT2D eigenvalue weighted by molar-refractivity contribution is 6.32. The van der Waals surface area contributed by atoms with Gasteiger partial charge in [-0.25, -0.2) is 10.4 Å². The Morgan fingerprint density at radius 3 is 2.69 bits per heavy atom. The first kappa shape index (κ1) is 17.3. The molecule has 1 N–H and O–H groups in total. The highest BCUT2D eigenvalue weighted by Gasteiger charge is 2.10. The summed E-state index contributed by atoms with van der Waals surface area (Å²) >= 11 is 5.86. The normalized spacial score (nSPS) is 10.8. The molecular formula is C17H12ClN5O3. The van der Waals surface area contributed by atoms with Crippen molar-refractivity contribution in [2.75, 3.05) is 0 Å². The maximum absolute atomic E-state index is 12.0. The van der Waals surface area contributed by atoms with Crippen LogP contribution in [-0.4, -0.2) is 26.6 Å². The molecule has 9 heteroatoms. The van der Waals surface area contributed by atoms with E-state index in [1.165, 1.54) is 24.5 Å². The molecule has 0 aliphatic rings. The molecule has 26 heavy (non-hydrogen) atoms. The Bertz CT molecular complexity index is 982. The van der Waals surface area contributed by atoms with Gasteiger partial charge in [-0.2, -0.15) is 5.10 Å². The van der Waals surface area contributed by atoms with Gasteiger partial charge in [0.05, 0.1) is 22.4 Å². The zero-order valence-corrected chi connectivity index (χ0v) is 14.0. The molecule has 1 aromatic carbocycles. The van der Waals surface area contributed by atoms with E-state index in [1.807, 2.05) is 0 Å². The van der Waals surface area contributed by atoms with Gasteiger partial charge in [0.25, 0.3) is 11.6 Å². The van der Waals surface area contributed by atoms with Crippen LogP contribution in [0.15, 0.2) is 66.0 Å². The Balaban J connectivity index is 1.74. The van der Waals surface area contributed by atoms with Gasteiger partial charge in [0.1, 0.15) is 5.15 Å². The van der Waals surface area contributed by atoms with Crippen molar-refractivity contribution >= 4 is 29.4 Å². The predicted molar refractivity (Wildman–Crippen MR) is 96.7 cm³/mol. The number of nitro groups is 1. The second-order valence-electron chi connectivity index (χ2n) is 5.12. The van der Waals surface area contributed by atoms with Crippen LogP contribution in [0.25, 0.3) is 5.69 Å². The van der Waals surface area contributed by atoms with E-state index in [0.29, 0.717) is 5.69 Å². The van der Waals surface area contributed by atoms with Crippen LogP contribution >= 0.6 is 11.6 Å². The largest absolute Gasteiger partial charge is 0.316 e. The van der Waals surface area contributed by atoms with Gasteiger partial charge in [-0.15, -0.1) is 0 Å². The van der Waals surface area contributed by atoms with Crippen LogP contribution in [0.4, 0.5) is 5.69 Å². The third-order valence-corrected chi connectivity index (χ3v) is 3.79. The highest BCUT2D eigenvalue weighted by Crippen LogP contribution is 2.17. The number of aromatic nitrogens is 2. The first-order valence-electron chi connectivity index (χ1n) is 7.42. The molecule has 0 unspecified atom stereocenters. The zero-order valence-electron chi connectivity index (χ0n) is 13.2. The van der Waals surface area contributed by atoms with Gasteiger partial charge in [0.15, 0.2) is 0 Å². The molecule has 0 aliphatic heterocycles. The average Bonchev–Trinajstić information content (AvgIpc) is 3.10. The molecule has 0 saturated carbocycles. The predicted octanol–water partition coefficient (Wildman–Crippen LogP) is 3.20. The van der Waals surface area contributed by atoms with E-state index in [0.717, 1.165) is 5.69 Å². The van der Waals surface area contributed by atoms with E-state index < -0.39 is 10.8 Å². The molecule has 0 atom stereocenters. The van der Waals surface area contributed by atoms with Crippen molar-refractivity contribution in [2.24, 2.45) is 5.10 Å². The number of carbonyl (C=O) groups excluding carboxylic acids is 1. The summed E-state index contributed by atoms with van der Waals surface area (Å²) in [6, 6.07) is 12.8. The zero-order chi connectivity index (χ0) is 18.5. The van der Waals surface area contributed by atoms with Gasteiger partial charge in [-0.3, -0.25) is 14.9 Å². The molecule has 3 rings (SSSR count). The lowest BCUT2D eigenvalue weighted by Gasteiger charge is -2.06.